The van der Waals surface area contributed by atoms with Crippen molar-refractivity contribution >= 4 is 17.0 Å². The van der Waals surface area contributed by atoms with Crippen LogP contribution in [0.1, 0.15) is 5.56 Å². The highest BCUT2D eigenvalue weighted by atomic mass is 19.1. The van der Waals surface area contributed by atoms with Crippen LogP contribution in [0.2, 0.25) is 0 Å². The predicted octanol–water partition coefficient (Wildman–Crippen LogP) is 1.60. The van der Waals surface area contributed by atoms with Crippen molar-refractivity contribution in [2.75, 3.05) is 5.73 Å². The molecule has 0 aliphatic carbocycles. The molecule has 0 unspecified atom stereocenters. The van der Waals surface area contributed by atoms with Gasteiger partial charge in [-0.3, -0.25) is 0 Å². The number of hydrogen-bond donors (Lipinski definition) is 1. The summed E-state index contributed by atoms with van der Waals surface area (Å²) >= 11 is 0. The first-order chi connectivity index (χ1) is 8.75. The standard InChI is InChI=1S/C12H10FN5/c13-9-4-2-1-3-8(9)5-18-7-17-12-10(18)11(14)15-6-16-12/h1-4,6-7H,5H2,(H2,14,15,16). The van der Waals surface area contributed by atoms with Gasteiger partial charge in [0.05, 0.1) is 12.9 Å². The molecule has 0 aliphatic heterocycles. The number of fused-ring (bicyclic) bond motifs is 1. The van der Waals surface area contributed by atoms with Crippen LogP contribution in [0.4, 0.5) is 10.2 Å². The number of nitrogens with zero attached hydrogens (tertiary/aromatic N) is 4. The van der Waals surface area contributed by atoms with Crippen LogP contribution in [-0.4, -0.2) is 19.5 Å². The lowest BCUT2D eigenvalue weighted by molar-refractivity contribution is 0.601. The topological polar surface area (TPSA) is 69.6 Å². The number of nitrogen functional groups attached to an aromatic ring is 1. The van der Waals surface area contributed by atoms with Gasteiger partial charge in [-0.2, -0.15) is 0 Å². The second-order valence-corrected chi connectivity index (χ2v) is 3.90. The molecule has 18 heavy (non-hydrogen) atoms. The number of anilines is 1. The van der Waals surface area contributed by atoms with Gasteiger partial charge in [-0.25, -0.2) is 19.3 Å². The molecule has 2 N–H and O–H groups in total. The van der Waals surface area contributed by atoms with Gasteiger partial charge in [0.1, 0.15) is 17.7 Å². The van der Waals surface area contributed by atoms with Crippen molar-refractivity contribution in [3.05, 3.63) is 48.3 Å². The fraction of sp³-hybridized carbons (Fsp3) is 0.0833. The SMILES string of the molecule is Nc1ncnc2ncn(Cc3ccccc3F)c12. The Bertz CT molecular complexity index is 707. The Kier molecular flexibility index (Phi) is 2.40. The minimum Gasteiger partial charge on any atom is -0.382 e. The summed E-state index contributed by atoms with van der Waals surface area (Å²) in [5.41, 5.74) is 7.50. The number of nitrogens with two attached hydrogens (primary N) is 1. The molecule has 0 spiro atoms. The first-order valence-corrected chi connectivity index (χ1v) is 5.40. The molecule has 6 heteroatoms. The zero-order chi connectivity index (χ0) is 12.5. The van der Waals surface area contributed by atoms with E-state index in [0.717, 1.165) is 0 Å². The van der Waals surface area contributed by atoms with E-state index in [4.69, 9.17) is 5.73 Å². The Hall–Kier alpha value is -2.50. The minimum atomic E-state index is -0.255. The van der Waals surface area contributed by atoms with Crippen molar-refractivity contribution in [3.8, 4) is 0 Å². The number of aromatic nitrogens is 4. The average molecular weight is 243 g/mol. The van der Waals surface area contributed by atoms with E-state index in [9.17, 15) is 4.39 Å². The van der Waals surface area contributed by atoms with Gasteiger partial charge in [0.15, 0.2) is 11.5 Å². The molecule has 0 aliphatic rings. The van der Waals surface area contributed by atoms with Crippen LogP contribution < -0.4 is 5.73 Å². The normalized spacial score (nSPS) is 10.9. The van der Waals surface area contributed by atoms with Gasteiger partial charge in [-0.05, 0) is 6.07 Å². The van der Waals surface area contributed by atoms with Gasteiger partial charge >= 0.3 is 0 Å². The first kappa shape index (κ1) is 10.6. The maximum Gasteiger partial charge on any atom is 0.182 e. The van der Waals surface area contributed by atoms with Gasteiger partial charge in [0.25, 0.3) is 0 Å². The maximum absolute atomic E-state index is 13.6. The Morgan fingerprint density at radius 3 is 2.83 bits per heavy atom. The number of benzene rings is 1. The van der Waals surface area contributed by atoms with Crippen molar-refractivity contribution in [2.24, 2.45) is 0 Å². The second kappa shape index (κ2) is 4.06. The van der Waals surface area contributed by atoms with E-state index in [2.05, 4.69) is 15.0 Å². The Balaban J connectivity index is 2.09. The molecule has 90 valence electrons. The van der Waals surface area contributed by atoms with Crippen LogP contribution in [0.25, 0.3) is 11.2 Å². The molecule has 2 heterocycles. The molecule has 3 aromatic rings. The zero-order valence-electron chi connectivity index (χ0n) is 9.42. The van der Waals surface area contributed by atoms with E-state index >= 15 is 0 Å². The molecule has 0 saturated carbocycles. The van der Waals surface area contributed by atoms with Crippen LogP contribution in [0.3, 0.4) is 0 Å². The molecule has 0 radical (unpaired) electrons. The van der Waals surface area contributed by atoms with Crippen molar-refractivity contribution in [2.45, 2.75) is 6.54 Å². The van der Waals surface area contributed by atoms with Gasteiger partial charge in [0, 0.05) is 5.56 Å². The summed E-state index contributed by atoms with van der Waals surface area (Å²) in [6, 6.07) is 6.59. The first-order valence-electron chi connectivity index (χ1n) is 5.40. The summed E-state index contributed by atoms with van der Waals surface area (Å²) in [4.78, 5) is 12.0. The fourth-order valence-electron chi connectivity index (χ4n) is 1.86. The van der Waals surface area contributed by atoms with Crippen molar-refractivity contribution in [1.82, 2.24) is 19.5 Å². The van der Waals surface area contributed by atoms with Gasteiger partial charge < -0.3 is 10.3 Å². The molecule has 0 bridgehead atoms. The fourth-order valence-corrected chi connectivity index (χ4v) is 1.86. The van der Waals surface area contributed by atoms with Gasteiger partial charge in [0.2, 0.25) is 0 Å². The lowest BCUT2D eigenvalue weighted by Gasteiger charge is -2.06. The van der Waals surface area contributed by atoms with E-state index in [1.54, 1.807) is 29.1 Å². The number of hydrogen-bond acceptors (Lipinski definition) is 4. The molecule has 1 aromatic carbocycles. The molecule has 5 nitrogen and oxygen atoms in total. The van der Waals surface area contributed by atoms with Crippen molar-refractivity contribution < 1.29 is 4.39 Å². The highest BCUT2D eigenvalue weighted by molar-refractivity contribution is 5.81. The van der Waals surface area contributed by atoms with E-state index in [1.165, 1.54) is 12.4 Å². The Morgan fingerprint density at radius 2 is 2.00 bits per heavy atom. The monoisotopic (exact) mass is 243 g/mol. The maximum atomic E-state index is 13.6. The summed E-state index contributed by atoms with van der Waals surface area (Å²) in [5.74, 6) is 0.0867. The van der Waals surface area contributed by atoms with Crippen LogP contribution in [0.5, 0.6) is 0 Å². The quantitative estimate of drug-likeness (QED) is 0.742. The molecule has 0 fully saturated rings. The van der Waals surface area contributed by atoms with E-state index < -0.39 is 0 Å². The lowest BCUT2D eigenvalue weighted by atomic mass is 10.2. The van der Waals surface area contributed by atoms with Crippen molar-refractivity contribution in [1.29, 1.82) is 0 Å². The third-order valence-electron chi connectivity index (χ3n) is 2.74. The van der Waals surface area contributed by atoms with Gasteiger partial charge in [-0.1, -0.05) is 18.2 Å². The van der Waals surface area contributed by atoms with Crippen LogP contribution in [0.15, 0.2) is 36.9 Å². The largest absolute Gasteiger partial charge is 0.382 e. The highest BCUT2D eigenvalue weighted by Gasteiger charge is 2.09. The summed E-state index contributed by atoms with van der Waals surface area (Å²) < 4.78 is 15.3. The Labute approximate surface area is 102 Å². The molecular formula is C12H10FN5. The summed E-state index contributed by atoms with van der Waals surface area (Å²) in [5, 5.41) is 0. The van der Waals surface area contributed by atoms with Crippen LogP contribution in [-0.2, 0) is 6.54 Å². The third-order valence-corrected chi connectivity index (χ3v) is 2.74. The number of rotatable bonds is 2. The summed E-state index contributed by atoms with van der Waals surface area (Å²) in [6.45, 7) is 0.348. The minimum absolute atomic E-state index is 0.255. The van der Waals surface area contributed by atoms with Crippen LogP contribution >= 0.6 is 0 Å². The third kappa shape index (κ3) is 1.67. The molecule has 3 rings (SSSR count). The van der Waals surface area contributed by atoms with E-state index in [-0.39, 0.29) is 5.82 Å². The van der Waals surface area contributed by atoms with E-state index in [1.807, 2.05) is 0 Å². The Morgan fingerprint density at radius 1 is 1.17 bits per heavy atom. The lowest BCUT2D eigenvalue weighted by Crippen LogP contribution is -2.03. The smallest absolute Gasteiger partial charge is 0.182 e. The molecule has 0 amide bonds. The summed E-state index contributed by atoms with van der Waals surface area (Å²) in [6.07, 6.45) is 2.94. The second-order valence-electron chi connectivity index (χ2n) is 3.90. The average Bonchev–Trinajstić information content (AvgIpc) is 2.77. The molecule has 0 atom stereocenters. The van der Waals surface area contributed by atoms with E-state index in [0.29, 0.717) is 29.1 Å². The zero-order valence-corrected chi connectivity index (χ0v) is 9.42. The van der Waals surface area contributed by atoms with Gasteiger partial charge in [-0.15, -0.1) is 0 Å². The predicted molar refractivity (Wildman–Crippen MR) is 65.2 cm³/mol. The van der Waals surface area contributed by atoms with Crippen LogP contribution in [0, 0.1) is 5.82 Å². The highest BCUT2D eigenvalue weighted by Crippen LogP contribution is 2.17. The number of imidazole rings is 1. The number of halogens is 1. The molecule has 2 aromatic heterocycles. The summed E-state index contributed by atoms with van der Waals surface area (Å²) in [7, 11) is 0. The molecule has 0 saturated heterocycles. The molecular weight excluding hydrogens is 233 g/mol. The van der Waals surface area contributed by atoms with Crippen molar-refractivity contribution in [3.63, 3.8) is 0 Å².